The number of hydrogen-bond donors (Lipinski definition) is 1. The summed E-state index contributed by atoms with van der Waals surface area (Å²) in [5.74, 6) is -0.477. The van der Waals surface area contributed by atoms with E-state index >= 15 is 0 Å². The molecule has 0 rings (SSSR count). The van der Waals surface area contributed by atoms with Gasteiger partial charge >= 0.3 is 5.97 Å². The molecule has 1 N–H and O–H groups in total. The first kappa shape index (κ1) is 11.1. The van der Waals surface area contributed by atoms with E-state index in [2.05, 4.69) is 19.6 Å². The molecule has 0 bridgehead atoms. The molecule has 11 heavy (non-hydrogen) atoms. The van der Waals surface area contributed by atoms with Crippen LogP contribution in [0, 0.1) is 0 Å². The molecule has 0 heterocycles. The Balaban J connectivity index is 4.32. The number of rotatable bonds is 5. The molecule has 0 saturated heterocycles. The zero-order valence-electron chi connectivity index (χ0n) is 7.68. The van der Waals surface area contributed by atoms with Gasteiger partial charge in [-0.15, -0.1) is 0 Å². The molecule has 0 aliphatic heterocycles. The highest BCUT2D eigenvalue weighted by Gasteiger charge is 2.33. The van der Waals surface area contributed by atoms with Crippen LogP contribution < -0.4 is 0 Å². The van der Waals surface area contributed by atoms with Gasteiger partial charge in [-0.25, -0.2) is 0 Å². The highest BCUT2D eigenvalue weighted by atomic mass is 28.3. The van der Waals surface area contributed by atoms with Gasteiger partial charge in [-0.2, -0.15) is 0 Å². The van der Waals surface area contributed by atoms with Crippen molar-refractivity contribution in [1.29, 1.82) is 0 Å². The van der Waals surface area contributed by atoms with Crippen molar-refractivity contribution >= 4 is 34.5 Å². The zero-order chi connectivity index (χ0) is 8.91. The van der Waals surface area contributed by atoms with Gasteiger partial charge in [-0.1, -0.05) is 25.7 Å². The molecule has 0 aromatic heterocycles. The fraction of sp³-hybridized carbons (Fsp3) is 0.833. The predicted octanol–water partition coefficient (Wildman–Crippen LogP) is -0.744. The van der Waals surface area contributed by atoms with Crippen molar-refractivity contribution < 1.29 is 9.90 Å². The summed E-state index contributed by atoms with van der Waals surface area (Å²) in [7, 11) is -0.747. The Morgan fingerprint density at radius 2 is 1.82 bits per heavy atom. The van der Waals surface area contributed by atoms with Crippen LogP contribution in [0.15, 0.2) is 0 Å². The minimum absolute atomic E-state index is 0.0663. The van der Waals surface area contributed by atoms with Gasteiger partial charge in [0.1, 0.15) is 0 Å². The monoisotopic (exact) mass is 206 g/mol. The highest BCUT2D eigenvalue weighted by molar-refractivity contribution is 6.70. The molecule has 0 aliphatic rings. The van der Waals surface area contributed by atoms with E-state index in [-0.39, 0.29) is 33.2 Å². The van der Waals surface area contributed by atoms with Crippen LogP contribution in [-0.2, 0) is 4.79 Å². The van der Waals surface area contributed by atoms with Crippen LogP contribution in [0.2, 0.25) is 30.3 Å². The Bertz CT molecular complexity index is 134. The first-order valence-electron chi connectivity index (χ1n) is 4.36. The summed E-state index contributed by atoms with van der Waals surface area (Å²) in [6.45, 7) is 6.51. The quantitative estimate of drug-likeness (QED) is 0.602. The Kier molecular flexibility index (Phi) is 4.94. The molecule has 0 aromatic rings. The average Bonchev–Trinajstić information content (AvgIpc) is 2.00. The van der Waals surface area contributed by atoms with E-state index in [0.717, 1.165) is 6.04 Å². The maximum atomic E-state index is 11.0. The smallest absolute Gasteiger partial charge is 0.302 e. The van der Waals surface area contributed by atoms with Gasteiger partial charge in [0.2, 0.25) is 0 Å². The minimum atomic E-state index is -0.477. The standard InChI is InChI=1S/C6H18O2Si3/c1-9-4-6(10-2,11-3)5(7)8/h4,9-11H2,1-3H3,(H,7,8). The molecular weight excluding hydrogens is 188 g/mol. The molecular formula is C6H18O2Si3. The minimum Gasteiger partial charge on any atom is -0.481 e. The van der Waals surface area contributed by atoms with Gasteiger partial charge in [-0.05, 0) is 0 Å². The van der Waals surface area contributed by atoms with E-state index in [1.165, 1.54) is 0 Å². The van der Waals surface area contributed by atoms with E-state index < -0.39 is 5.97 Å². The molecule has 5 heteroatoms. The van der Waals surface area contributed by atoms with E-state index in [1.807, 2.05) is 0 Å². The maximum Gasteiger partial charge on any atom is 0.302 e. The lowest BCUT2D eigenvalue weighted by atomic mass is 10.5. The van der Waals surface area contributed by atoms with E-state index in [4.69, 9.17) is 5.11 Å². The fourth-order valence-electron chi connectivity index (χ4n) is 1.49. The predicted molar refractivity (Wildman–Crippen MR) is 58.4 cm³/mol. The third-order valence-electron chi connectivity index (χ3n) is 2.54. The number of carbonyl (C=O) groups is 1. The second kappa shape index (κ2) is 4.89. The summed E-state index contributed by atoms with van der Waals surface area (Å²) in [6, 6.07) is 1.06. The molecule has 0 spiro atoms. The van der Waals surface area contributed by atoms with Crippen LogP contribution in [-0.4, -0.2) is 39.6 Å². The lowest BCUT2D eigenvalue weighted by molar-refractivity contribution is -0.137. The van der Waals surface area contributed by atoms with Gasteiger partial charge in [-0.3, -0.25) is 4.79 Å². The van der Waals surface area contributed by atoms with Crippen LogP contribution in [0.5, 0.6) is 0 Å². The molecule has 0 amide bonds. The van der Waals surface area contributed by atoms with Gasteiger partial charge < -0.3 is 5.11 Å². The van der Waals surface area contributed by atoms with E-state index in [1.54, 1.807) is 0 Å². The fourth-order valence-corrected chi connectivity index (χ4v) is 10.2. The Morgan fingerprint density at radius 1 is 1.36 bits per heavy atom. The van der Waals surface area contributed by atoms with Crippen molar-refractivity contribution in [2.45, 2.75) is 30.3 Å². The third kappa shape index (κ3) is 2.57. The molecule has 2 nitrogen and oxygen atoms in total. The van der Waals surface area contributed by atoms with Crippen LogP contribution in [0.1, 0.15) is 0 Å². The van der Waals surface area contributed by atoms with Crippen molar-refractivity contribution in [3.63, 3.8) is 0 Å². The number of hydrogen-bond acceptors (Lipinski definition) is 1. The second-order valence-electron chi connectivity index (χ2n) is 3.04. The van der Waals surface area contributed by atoms with Gasteiger partial charge in [0.05, 0.1) is 0 Å². The molecule has 0 aromatic carbocycles. The van der Waals surface area contributed by atoms with Crippen molar-refractivity contribution in [2.75, 3.05) is 0 Å². The normalized spacial score (nSPS) is 19.2. The highest BCUT2D eigenvalue weighted by Crippen LogP contribution is 2.28. The van der Waals surface area contributed by atoms with E-state index in [9.17, 15) is 4.79 Å². The molecule has 0 fully saturated rings. The largest absolute Gasteiger partial charge is 0.481 e. The summed E-state index contributed by atoms with van der Waals surface area (Å²) in [5, 5.41) is 9.05. The molecule has 0 aliphatic carbocycles. The lowest BCUT2D eigenvalue weighted by Gasteiger charge is -2.25. The molecule has 0 radical (unpaired) electrons. The van der Waals surface area contributed by atoms with E-state index in [0.29, 0.717) is 0 Å². The van der Waals surface area contributed by atoms with Crippen LogP contribution in [0.4, 0.5) is 0 Å². The van der Waals surface area contributed by atoms with Crippen LogP contribution in [0.25, 0.3) is 0 Å². The third-order valence-corrected chi connectivity index (χ3v) is 12.4. The van der Waals surface area contributed by atoms with Gasteiger partial charge in [0.25, 0.3) is 0 Å². The summed E-state index contributed by atoms with van der Waals surface area (Å²) >= 11 is 0. The first-order valence-corrected chi connectivity index (χ1v) is 11.0. The van der Waals surface area contributed by atoms with Crippen molar-refractivity contribution in [1.82, 2.24) is 0 Å². The molecule has 0 saturated carbocycles. The topological polar surface area (TPSA) is 37.3 Å². The summed E-state index contributed by atoms with van der Waals surface area (Å²) in [5.41, 5.74) is 0. The lowest BCUT2D eigenvalue weighted by Crippen LogP contribution is -2.33. The van der Waals surface area contributed by atoms with Crippen LogP contribution in [0.3, 0.4) is 0 Å². The summed E-state index contributed by atoms with van der Waals surface area (Å²) in [6.07, 6.45) is 0. The molecule has 0 atom stereocenters. The number of carboxylic acids is 1. The Hall–Kier alpha value is 0.121. The van der Waals surface area contributed by atoms with Crippen molar-refractivity contribution in [3.05, 3.63) is 0 Å². The van der Waals surface area contributed by atoms with Gasteiger partial charge in [0, 0.05) is 33.2 Å². The number of carboxylic acid groups (broad SMARTS) is 1. The molecule has 0 unspecified atom stereocenters. The first-order chi connectivity index (χ1) is 5.13. The van der Waals surface area contributed by atoms with Crippen molar-refractivity contribution in [3.8, 4) is 0 Å². The van der Waals surface area contributed by atoms with Crippen molar-refractivity contribution in [2.24, 2.45) is 0 Å². The van der Waals surface area contributed by atoms with Crippen LogP contribution >= 0.6 is 0 Å². The Morgan fingerprint density at radius 3 is 1.91 bits per heavy atom. The zero-order valence-corrected chi connectivity index (χ0v) is 11.9. The average molecular weight is 206 g/mol. The Labute approximate surface area is 75.2 Å². The molecule has 66 valence electrons. The van der Waals surface area contributed by atoms with Gasteiger partial charge in [0.15, 0.2) is 0 Å². The maximum absolute atomic E-state index is 11.0. The summed E-state index contributed by atoms with van der Waals surface area (Å²) in [4.78, 5) is 11.0. The number of aliphatic carboxylic acids is 1. The summed E-state index contributed by atoms with van der Waals surface area (Å²) < 4.78 is -0.110. The second-order valence-corrected chi connectivity index (χ2v) is 9.66. The SMILES string of the molecule is C[SiH2]CC([SiH2]C)([SiH2]C)C(=O)O.